The van der Waals surface area contributed by atoms with E-state index in [2.05, 4.69) is 26.0 Å². The van der Waals surface area contributed by atoms with Gasteiger partial charge in [0.25, 0.3) is 0 Å². The van der Waals surface area contributed by atoms with Crippen LogP contribution in [-0.4, -0.2) is 27.3 Å². The minimum Gasteiger partial charge on any atom is -0.311 e. The normalized spacial score (nSPS) is 11.9. The molecule has 0 saturated carbocycles. The van der Waals surface area contributed by atoms with Gasteiger partial charge in [-0.3, -0.25) is 0 Å². The molecule has 0 atom stereocenters. The molecule has 4 nitrogen and oxygen atoms in total. The topological polar surface area (TPSA) is 58.2 Å². The van der Waals surface area contributed by atoms with Gasteiger partial charge in [-0.2, -0.15) is 0 Å². The first-order valence-electron chi connectivity index (χ1n) is 4.95. The van der Waals surface area contributed by atoms with Gasteiger partial charge in [-0.05, 0) is 34.3 Å². The molecule has 0 saturated heterocycles. The van der Waals surface area contributed by atoms with Crippen LogP contribution in [0.2, 0.25) is 0 Å². The molecule has 0 spiro atoms. The highest BCUT2D eigenvalue weighted by Crippen LogP contribution is 2.21. The number of nitrogens with one attached hydrogen (secondary N) is 2. The molecule has 16 heavy (non-hydrogen) atoms. The Morgan fingerprint density at radius 2 is 2.19 bits per heavy atom. The third-order valence-electron chi connectivity index (χ3n) is 1.98. The summed E-state index contributed by atoms with van der Waals surface area (Å²) in [6.45, 7) is 3.44. The molecule has 0 fully saturated rings. The molecule has 0 bridgehead atoms. The van der Waals surface area contributed by atoms with Crippen LogP contribution >= 0.6 is 27.3 Å². The van der Waals surface area contributed by atoms with Crippen LogP contribution in [0.4, 0.5) is 0 Å². The summed E-state index contributed by atoms with van der Waals surface area (Å²) in [6, 6.07) is 2.00. The molecule has 0 aromatic carbocycles. The predicted molar refractivity (Wildman–Crippen MR) is 71.2 cm³/mol. The Hall–Kier alpha value is 0.0500. The fraction of sp³-hybridized carbons (Fsp3) is 0.556. The molecule has 1 rings (SSSR count). The van der Waals surface area contributed by atoms with Crippen molar-refractivity contribution in [3.8, 4) is 0 Å². The Morgan fingerprint density at radius 1 is 1.44 bits per heavy atom. The Balaban J connectivity index is 2.16. The molecule has 92 valence electrons. The van der Waals surface area contributed by atoms with E-state index in [9.17, 15) is 8.42 Å². The lowest BCUT2D eigenvalue weighted by atomic mass is 10.4. The van der Waals surface area contributed by atoms with Gasteiger partial charge in [0.2, 0.25) is 10.0 Å². The van der Waals surface area contributed by atoms with Gasteiger partial charge in [-0.15, -0.1) is 11.3 Å². The van der Waals surface area contributed by atoms with E-state index < -0.39 is 10.0 Å². The summed E-state index contributed by atoms with van der Waals surface area (Å²) in [7, 11) is -3.06. The first-order chi connectivity index (χ1) is 7.55. The summed E-state index contributed by atoms with van der Waals surface area (Å²) >= 11 is 5.11. The van der Waals surface area contributed by atoms with Crippen LogP contribution < -0.4 is 10.0 Å². The highest BCUT2D eigenvalue weighted by molar-refractivity contribution is 9.10. The third kappa shape index (κ3) is 4.92. The minimum absolute atomic E-state index is 0.128. The average Bonchev–Trinajstić information content (AvgIpc) is 2.64. The maximum absolute atomic E-state index is 11.1. The van der Waals surface area contributed by atoms with Crippen LogP contribution in [0, 0.1) is 0 Å². The summed E-state index contributed by atoms with van der Waals surface area (Å²) in [4.78, 5) is 1.22. The van der Waals surface area contributed by atoms with Crippen LogP contribution in [0.1, 0.15) is 11.8 Å². The zero-order valence-corrected chi connectivity index (χ0v) is 12.2. The van der Waals surface area contributed by atoms with Crippen molar-refractivity contribution >= 4 is 37.3 Å². The van der Waals surface area contributed by atoms with Gasteiger partial charge in [0.1, 0.15) is 0 Å². The number of sulfonamides is 1. The number of hydrogen-bond donors (Lipinski definition) is 2. The zero-order valence-electron chi connectivity index (χ0n) is 8.99. The molecule has 0 aliphatic heterocycles. The summed E-state index contributed by atoms with van der Waals surface area (Å²) in [5, 5.41) is 5.19. The van der Waals surface area contributed by atoms with E-state index in [0.29, 0.717) is 13.1 Å². The van der Waals surface area contributed by atoms with Crippen LogP contribution in [0.3, 0.4) is 0 Å². The van der Waals surface area contributed by atoms with Crippen molar-refractivity contribution < 1.29 is 8.42 Å². The van der Waals surface area contributed by atoms with Crippen molar-refractivity contribution in [3.63, 3.8) is 0 Å². The summed E-state index contributed by atoms with van der Waals surface area (Å²) in [5.74, 6) is 0.128. The Kier molecular flexibility index (Phi) is 5.91. The lowest BCUT2D eigenvalue weighted by Gasteiger charge is -2.05. The fourth-order valence-electron chi connectivity index (χ4n) is 1.05. The molecule has 0 aliphatic carbocycles. The Bertz CT molecular complexity index is 417. The fourth-order valence-corrected chi connectivity index (χ4v) is 3.13. The van der Waals surface area contributed by atoms with Crippen molar-refractivity contribution in [1.82, 2.24) is 10.0 Å². The second-order valence-electron chi connectivity index (χ2n) is 3.17. The van der Waals surface area contributed by atoms with E-state index in [-0.39, 0.29) is 5.75 Å². The number of halogens is 1. The number of thiophene rings is 1. The van der Waals surface area contributed by atoms with Gasteiger partial charge < -0.3 is 5.32 Å². The monoisotopic (exact) mass is 326 g/mol. The second kappa shape index (κ2) is 6.70. The molecule has 2 N–H and O–H groups in total. The predicted octanol–water partition coefficient (Wildman–Crippen LogP) is 1.54. The molecule has 1 aromatic heterocycles. The number of hydrogen-bond acceptors (Lipinski definition) is 4. The van der Waals surface area contributed by atoms with E-state index in [1.165, 1.54) is 4.88 Å². The Labute approximate surface area is 109 Å². The smallest absolute Gasteiger partial charge is 0.211 e. The summed E-state index contributed by atoms with van der Waals surface area (Å²) in [6.07, 6.45) is 0. The van der Waals surface area contributed by atoms with Crippen molar-refractivity contribution in [2.24, 2.45) is 0 Å². The number of rotatable bonds is 7. The lowest BCUT2D eigenvalue weighted by Crippen LogP contribution is -2.32. The quantitative estimate of drug-likeness (QED) is 0.747. The first kappa shape index (κ1) is 14.1. The maximum Gasteiger partial charge on any atom is 0.211 e. The molecule has 7 heteroatoms. The lowest BCUT2D eigenvalue weighted by molar-refractivity contribution is 0.577. The molecule has 1 heterocycles. The van der Waals surface area contributed by atoms with Crippen LogP contribution in [0.25, 0.3) is 0 Å². The molecular weight excluding hydrogens is 312 g/mol. The van der Waals surface area contributed by atoms with Crippen molar-refractivity contribution in [3.05, 3.63) is 20.8 Å². The van der Waals surface area contributed by atoms with Crippen LogP contribution in [0.5, 0.6) is 0 Å². The minimum atomic E-state index is -3.06. The summed E-state index contributed by atoms with van der Waals surface area (Å²) < 4.78 is 25.8. The van der Waals surface area contributed by atoms with Gasteiger partial charge in [0.15, 0.2) is 0 Å². The van der Waals surface area contributed by atoms with Crippen molar-refractivity contribution in [1.29, 1.82) is 0 Å². The van der Waals surface area contributed by atoms with Gasteiger partial charge in [0.05, 0.1) is 5.75 Å². The van der Waals surface area contributed by atoms with Crippen LogP contribution in [0.15, 0.2) is 15.9 Å². The SMILES string of the molecule is CCS(=O)(=O)NCCNCc1sccc1Br. The van der Waals surface area contributed by atoms with E-state index in [1.807, 2.05) is 11.4 Å². The van der Waals surface area contributed by atoms with Crippen LogP contribution in [-0.2, 0) is 16.6 Å². The zero-order chi connectivity index (χ0) is 12.0. The molecule has 1 aromatic rings. The largest absolute Gasteiger partial charge is 0.311 e. The summed E-state index contributed by atoms with van der Waals surface area (Å²) in [5.41, 5.74) is 0. The van der Waals surface area contributed by atoms with Gasteiger partial charge >= 0.3 is 0 Å². The highest BCUT2D eigenvalue weighted by atomic mass is 79.9. The molecular formula is C9H15BrN2O2S2. The molecule has 0 radical (unpaired) electrons. The maximum atomic E-state index is 11.1. The molecule has 0 amide bonds. The van der Waals surface area contributed by atoms with E-state index in [4.69, 9.17) is 0 Å². The molecule has 0 unspecified atom stereocenters. The van der Waals surface area contributed by atoms with Crippen molar-refractivity contribution in [2.45, 2.75) is 13.5 Å². The standard InChI is InChI=1S/C9H15BrN2O2S2/c1-2-16(13,14)12-5-4-11-7-9-8(10)3-6-15-9/h3,6,11-12H,2,4-5,7H2,1H3. The molecule has 0 aliphatic rings. The third-order valence-corrected chi connectivity index (χ3v) is 5.31. The highest BCUT2D eigenvalue weighted by Gasteiger charge is 2.04. The van der Waals surface area contributed by atoms with Gasteiger partial charge in [0, 0.05) is 29.0 Å². The van der Waals surface area contributed by atoms with Crippen molar-refractivity contribution in [2.75, 3.05) is 18.8 Å². The average molecular weight is 327 g/mol. The Morgan fingerprint density at radius 3 is 2.75 bits per heavy atom. The van der Waals surface area contributed by atoms with E-state index in [1.54, 1.807) is 18.3 Å². The van der Waals surface area contributed by atoms with E-state index in [0.717, 1.165) is 11.0 Å². The van der Waals surface area contributed by atoms with E-state index >= 15 is 0 Å². The van der Waals surface area contributed by atoms with Gasteiger partial charge in [-0.1, -0.05) is 0 Å². The first-order valence-corrected chi connectivity index (χ1v) is 8.27. The van der Waals surface area contributed by atoms with Gasteiger partial charge in [-0.25, -0.2) is 13.1 Å². The second-order valence-corrected chi connectivity index (χ2v) is 7.12.